The second-order valence-corrected chi connectivity index (χ2v) is 4.96. The van der Waals surface area contributed by atoms with E-state index in [4.69, 9.17) is 0 Å². The standard InChI is InChI=1S/C16H17N3O/c1-19-11-12(20)10-18-16(14-7-4-5-9-17-14)13-6-2-3-8-15(13)19/h2-9,12,20H,10-11H2,1H3/b18-16+. The third-order valence-corrected chi connectivity index (χ3v) is 3.42. The van der Waals surface area contributed by atoms with Crippen LogP contribution in [0.15, 0.2) is 53.7 Å². The molecule has 20 heavy (non-hydrogen) atoms. The molecule has 1 N–H and O–H groups in total. The highest BCUT2D eigenvalue weighted by Gasteiger charge is 2.19. The number of fused-ring (bicyclic) bond motifs is 1. The van der Waals surface area contributed by atoms with E-state index in [1.807, 2.05) is 43.4 Å². The van der Waals surface area contributed by atoms with Crippen LogP contribution in [0.5, 0.6) is 0 Å². The minimum atomic E-state index is -0.466. The van der Waals surface area contributed by atoms with Gasteiger partial charge in [0, 0.05) is 31.0 Å². The van der Waals surface area contributed by atoms with Gasteiger partial charge in [-0.05, 0) is 18.2 Å². The van der Waals surface area contributed by atoms with Crippen LogP contribution in [-0.4, -0.2) is 42.0 Å². The van der Waals surface area contributed by atoms with Crippen molar-refractivity contribution >= 4 is 11.4 Å². The zero-order valence-electron chi connectivity index (χ0n) is 11.4. The maximum Gasteiger partial charge on any atom is 0.0925 e. The summed E-state index contributed by atoms with van der Waals surface area (Å²) in [5.74, 6) is 0. The van der Waals surface area contributed by atoms with Gasteiger partial charge in [0.25, 0.3) is 0 Å². The van der Waals surface area contributed by atoms with Crippen LogP contribution in [-0.2, 0) is 0 Å². The molecule has 4 heteroatoms. The maximum absolute atomic E-state index is 10.0. The Labute approximate surface area is 118 Å². The number of aliphatic hydroxyl groups is 1. The number of para-hydroxylation sites is 1. The highest BCUT2D eigenvalue weighted by atomic mass is 16.3. The van der Waals surface area contributed by atoms with Gasteiger partial charge in [0.15, 0.2) is 0 Å². The van der Waals surface area contributed by atoms with Gasteiger partial charge in [-0.1, -0.05) is 24.3 Å². The van der Waals surface area contributed by atoms with Gasteiger partial charge >= 0.3 is 0 Å². The van der Waals surface area contributed by atoms with Gasteiger partial charge in [0.05, 0.1) is 24.1 Å². The molecule has 4 nitrogen and oxygen atoms in total. The summed E-state index contributed by atoms with van der Waals surface area (Å²) in [5, 5.41) is 10.0. The summed E-state index contributed by atoms with van der Waals surface area (Å²) >= 11 is 0. The number of hydrogen-bond donors (Lipinski definition) is 1. The first-order chi connectivity index (χ1) is 9.75. The van der Waals surface area contributed by atoms with E-state index in [1.54, 1.807) is 6.20 Å². The Morgan fingerprint density at radius 2 is 1.95 bits per heavy atom. The minimum absolute atomic E-state index is 0.393. The first-order valence-corrected chi connectivity index (χ1v) is 6.70. The smallest absolute Gasteiger partial charge is 0.0925 e. The van der Waals surface area contributed by atoms with Crippen LogP contribution in [0.4, 0.5) is 5.69 Å². The van der Waals surface area contributed by atoms with Crippen LogP contribution >= 0.6 is 0 Å². The molecular formula is C16H17N3O. The fraction of sp³-hybridized carbons (Fsp3) is 0.250. The van der Waals surface area contributed by atoms with Crippen LogP contribution in [0.3, 0.4) is 0 Å². The minimum Gasteiger partial charge on any atom is -0.389 e. The maximum atomic E-state index is 10.0. The normalized spacial score (nSPS) is 21.4. The lowest BCUT2D eigenvalue weighted by Gasteiger charge is -2.27. The van der Waals surface area contributed by atoms with Gasteiger partial charge in [0.2, 0.25) is 0 Å². The molecule has 1 unspecified atom stereocenters. The number of aliphatic hydroxyl groups excluding tert-OH is 1. The number of rotatable bonds is 1. The van der Waals surface area contributed by atoms with Crippen molar-refractivity contribution in [2.75, 3.05) is 25.0 Å². The average molecular weight is 267 g/mol. The zero-order valence-corrected chi connectivity index (χ0v) is 11.4. The van der Waals surface area contributed by atoms with Crippen molar-refractivity contribution in [1.29, 1.82) is 0 Å². The molecule has 1 aromatic heterocycles. The largest absolute Gasteiger partial charge is 0.389 e. The first kappa shape index (κ1) is 12.8. The second kappa shape index (κ2) is 5.43. The van der Waals surface area contributed by atoms with E-state index in [0.717, 1.165) is 22.7 Å². The Bertz CT molecular complexity index is 625. The lowest BCUT2D eigenvalue weighted by molar-refractivity contribution is 0.190. The van der Waals surface area contributed by atoms with Crippen molar-refractivity contribution in [2.45, 2.75) is 6.10 Å². The Morgan fingerprint density at radius 3 is 2.75 bits per heavy atom. The molecule has 3 rings (SSSR count). The van der Waals surface area contributed by atoms with Crippen molar-refractivity contribution in [2.24, 2.45) is 4.99 Å². The number of hydrogen-bond acceptors (Lipinski definition) is 4. The Kier molecular flexibility index (Phi) is 3.48. The highest BCUT2D eigenvalue weighted by molar-refractivity contribution is 6.15. The van der Waals surface area contributed by atoms with Gasteiger partial charge in [-0.3, -0.25) is 9.98 Å². The molecule has 0 amide bonds. The predicted molar refractivity (Wildman–Crippen MR) is 80.5 cm³/mol. The van der Waals surface area contributed by atoms with Crippen LogP contribution in [0.25, 0.3) is 0 Å². The van der Waals surface area contributed by atoms with Crippen LogP contribution in [0.1, 0.15) is 11.3 Å². The van der Waals surface area contributed by atoms with Gasteiger partial charge in [-0.25, -0.2) is 0 Å². The molecule has 0 saturated heterocycles. The topological polar surface area (TPSA) is 48.7 Å². The van der Waals surface area contributed by atoms with E-state index < -0.39 is 6.10 Å². The number of nitrogens with zero attached hydrogens (tertiary/aromatic N) is 3. The fourth-order valence-electron chi connectivity index (χ4n) is 2.48. The first-order valence-electron chi connectivity index (χ1n) is 6.70. The SMILES string of the molecule is CN1CC(O)C/N=C(/c2ccccn2)c2ccccc21. The van der Waals surface area contributed by atoms with Crippen molar-refractivity contribution in [1.82, 2.24) is 4.98 Å². The van der Waals surface area contributed by atoms with Gasteiger partial charge < -0.3 is 10.0 Å². The van der Waals surface area contributed by atoms with Crippen LogP contribution < -0.4 is 4.90 Å². The molecule has 0 bridgehead atoms. The molecule has 0 spiro atoms. The molecule has 1 aliphatic rings. The molecule has 2 aromatic rings. The number of aliphatic imine (C=N–C) groups is 1. The summed E-state index contributed by atoms with van der Waals surface area (Å²) in [6, 6.07) is 13.9. The van der Waals surface area contributed by atoms with Crippen molar-refractivity contribution in [3.05, 3.63) is 59.9 Å². The second-order valence-electron chi connectivity index (χ2n) is 4.96. The molecule has 102 valence electrons. The van der Waals surface area contributed by atoms with Crippen molar-refractivity contribution in [3.8, 4) is 0 Å². The quantitative estimate of drug-likeness (QED) is 0.856. The Balaban J connectivity index is 2.16. The third kappa shape index (κ3) is 2.42. The van der Waals surface area contributed by atoms with E-state index in [0.29, 0.717) is 13.1 Å². The summed E-state index contributed by atoms with van der Waals surface area (Å²) in [4.78, 5) is 11.0. The monoisotopic (exact) mass is 267 g/mol. The third-order valence-electron chi connectivity index (χ3n) is 3.42. The number of benzene rings is 1. The number of β-amino-alcohol motifs (C(OH)–C–C–N with tert-alkyl or cyclic N) is 1. The van der Waals surface area contributed by atoms with E-state index >= 15 is 0 Å². The molecule has 0 fully saturated rings. The highest BCUT2D eigenvalue weighted by Crippen LogP contribution is 2.24. The molecule has 2 heterocycles. The number of anilines is 1. The predicted octanol–water partition coefficient (Wildman–Crippen LogP) is 1.73. The van der Waals surface area contributed by atoms with Crippen molar-refractivity contribution < 1.29 is 5.11 Å². The van der Waals surface area contributed by atoms with E-state index in [-0.39, 0.29) is 0 Å². The van der Waals surface area contributed by atoms with Crippen molar-refractivity contribution in [3.63, 3.8) is 0 Å². The summed E-state index contributed by atoms with van der Waals surface area (Å²) in [6.07, 6.45) is 1.30. The summed E-state index contributed by atoms with van der Waals surface area (Å²) in [6.45, 7) is 0.973. The summed E-state index contributed by atoms with van der Waals surface area (Å²) in [5.41, 5.74) is 3.80. The Hall–Kier alpha value is -2.20. The van der Waals surface area contributed by atoms with Gasteiger partial charge in [-0.15, -0.1) is 0 Å². The van der Waals surface area contributed by atoms with Gasteiger partial charge in [-0.2, -0.15) is 0 Å². The van der Waals surface area contributed by atoms with E-state index in [1.165, 1.54) is 0 Å². The Morgan fingerprint density at radius 1 is 1.15 bits per heavy atom. The van der Waals surface area contributed by atoms with Crippen LogP contribution in [0.2, 0.25) is 0 Å². The van der Waals surface area contributed by atoms with Gasteiger partial charge in [0.1, 0.15) is 0 Å². The molecule has 1 atom stereocenters. The molecule has 1 aromatic carbocycles. The average Bonchev–Trinajstić information content (AvgIpc) is 2.47. The molecule has 0 aliphatic carbocycles. The fourth-order valence-corrected chi connectivity index (χ4v) is 2.48. The summed E-state index contributed by atoms with van der Waals surface area (Å²) < 4.78 is 0. The van der Waals surface area contributed by atoms with E-state index in [2.05, 4.69) is 20.9 Å². The number of likely N-dealkylation sites (N-methyl/N-ethyl adjacent to an activating group) is 1. The van der Waals surface area contributed by atoms with Crippen LogP contribution in [0, 0.1) is 0 Å². The molecule has 0 radical (unpaired) electrons. The molecular weight excluding hydrogens is 250 g/mol. The van der Waals surface area contributed by atoms with E-state index in [9.17, 15) is 5.11 Å². The summed E-state index contributed by atoms with van der Waals surface area (Å²) in [7, 11) is 1.99. The number of aromatic nitrogens is 1. The molecule has 1 aliphatic heterocycles. The molecule has 0 saturated carbocycles. The zero-order chi connectivity index (χ0) is 13.9. The lowest BCUT2D eigenvalue weighted by Crippen LogP contribution is -2.34. The number of pyridine rings is 1. The lowest BCUT2D eigenvalue weighted by atomic mass is 10.0.